The Morgan fingerprint density at radius 2 is 1.48 bits per heavy atom. The monoisotopic (exact) mass is 356 g/mol. The zero-order chi connectivity index (χ0) is 18.2. The second-order valence-corrected chi connectivity index (χ2v) is 6.25. The molecule has 0 saturated carbocycles. The number of ketones is 1. The molecule has 0 aliphatic heterocycles. The van der Waals surface area contributed by atoms with Gasteiger partial charge in [-0.1, -0.05) is 19.3 Å². The van der Waals surface area contributed by atoms with Gasteiger partial charge >= 0.3 is 0 Å². The molecule has 0 bridgehead atoms. The summed E-state index contributed by atoms with van der Waals surface area (Å²) in [5, 5.41) is 0. The van der Waals surface area contributed by atoms with E-state index in [2.05, 4.69) is 0 Å². The van der Waals surface area contributed by atoms with E-state index in [-0.39, 0.29) is 11.9 Å². The van der Waals surface area contributed by atoms with Crippen LogP contribution in [0.15, 0.2) is 11.6 Å². The Hall–Kier alpha value is -0.750. The van der Waals surface area contributed by atoms with E-state index < -0.39 is 0 Å². The van der Waals surface area contributed by atoms with Gasteiger partial charge in [0.15, 0.2) is 5.78 Å². The first-order valence-corrected chi connectivity index (χ1v) is 9.86. The van der Waals surface area contributed by atoms with Gasteiger partial charge in [-0.2, -0.15) is 0 Å². The number of unbranched alkanes of at least 4 members (excludes halogenated alkanes) is 4. The van der Waals surface area contributed by atoms with Crippen LogP contribution in [-0.4, -0.2) is 58.1 Å². The van der Waals surface area contributed by atoms with E-state index in [0.717, 1.165) is 38.0 Å². The lowest BCUT2D eigenvalue weighted by Crippen LogP contribution is -2.13. The molecular formula is C20H36O5. The van der Waals surface area contributed by atoms with Crippen LogP contribution in [0.2, 0.25) is 0 Å². The van der Waals surface area contributed by atoms with Crippen molar-refractivity contribution in [2.24, 2.45) is 0 Å². The van der Waals surface area contributed by atoms with Crippen LogP contribution in [0.25, 0.3) is 0 Å². The van der Waals surface area contributed by atoms with Crippen molar-refractivity contribution < 1.29 is 23.7 Å². The van der Waals surface area contributed by atoms with E-state index >= 15 is 0 Å². The lowest BCUT2D eigenvalue weighted by molar-refractivity contribution is -0.116. The Morgan fingerprint density at radius 1 is 0.840 bits per heavy atom. The third-order valence-corrected chi connectivity index (χ3v) is 4.21. The molecule has 0 fully saturated rings. The highest BCUT2D eigenvalue weighted by atomic mass is 16.5. The van der Waals surface area contributed by atoms with Gasteiger partial charge in [-0.25, -0.2) is 0 Å². The number of carbonyl (C=O) groups excluding carboxylic acids is 1. The predicted molar refractivity (Wildman–Crippen MR) is 99.0 cm³/mol. The first kappa shape index (κ1) is 22.3. The molecule has 0 aromatic rings. The van der Waals surface area contributed by atoms with Gasteiger partial charge in [-0.05, 0) is 44.8 Å². The van der Waals surface area contributed by atoms with Crippen LogP contribution in [0.5, 0.6) is 0 Å². The largest absolute Gasteiger partial charge is 0.379 e. The summed E-state index contributed by atoms with van der Waals surface area (Å²) in [7, 11) is 0. The van der Waals surface area contributed by atoms with E-state index in [1.54, 1.807) is 0 Å². The Bertz CT molecular complexity index is 367. The van der Waals surface area contributed by atoms with E-state index in [1.165, 1.54) is 19.3 Å². The van der Waals surface area contributed by atoms with Crippen LogP contribution in [-0.2, 0) is 23.7 Å². The van der Waals surface area contributed by atoms with Crippen molar-refractivity contribution in [3.05, 3.63) is 11.6 Å². The van der Waals surface area contributed by atoms with Crippen molar-refractivity contribution in [3.8, 4) is 0 Å². The highest BCUT2D eigenvalue weighted by molar-refractivity contribution is 5.98. The molecule has 25 heavy (non-hydrogen) atoms. The van der Waals surface area contributed by atoms with E-state index in [4.69, 9.17) is 18.9 Å². The Morgan fingerprint density at radius 3 is 2.24 bits per heavy atom. The van der Waals surface area contributed by atoms with Crippen molar-refractivity contribution in [1.82, 2.24) is 0 Å². The summed E-state index contributed by atoms with van der Waals surface area (Å²) in [6, 6.07) is 0. The summed E-state index contributed by atoms with van der Waals surface area (Å²) in [6.07, 6.45) is 9.08. The van der Waals surface area contributed by atoms with Crippen LogP contribution in [0.4, 0.5) is 0 Å². The number of Topliss-reactive ketones (excluding diaryl/α,β-unsaturated/α-hetero) is 1. The molecule has 146 valence electrons. The van der Waals surface area contributed by atoms with Gasteiger partial charge in [0.1, 0.15) is 0 Å². The minimum Gasteiger partial charge on any atom is -0.379 e. The first-order chi connectivity index (χ1) is 12.3. The third kappa shape index (κ3) is 11.5. The molecule has 0 aromatic carbocycles. The molecule has 0 heterocycles. The fraction of sp³-hybridized carbons (Fsp3) is 0.850. The molecule has 0 N–H and O–H groups in total. The molecule has 0 amide bonds. The van der Waals surface area contributed by atoms with Gasteiger partial charge in [-0.15, -0.1) is 0 Å². The van der Waals surface area contributed by atoms with Crippen molar-refractivity contribution in [1.29, 1.82) is 0 Å². The lowest BCUT2D eigenvalue weighted by atomic mass is 10.0. The Labute approximate surface area is 153 Å². The van der Waals surface area contributed by atoms with Crippen molar-refractivity contribution in [2.45, 2.75) is 64.9 Å². The second kappa shape index (κ2) is 15.5. The van der Waals surface area contributed by atoms with Gasteiger partial charge in [0.05, 0.1) is 32.5 Å². The van der Waals surface area contributed by atoms with E-state index in [0.29, 0.717) is 39.5 Å². The topological polar surface area (TPSA) is 54.0 Å². The molecule has 0 radical (unpaired) electrons. The minimum absolute atomic E-state index is 0.0446. The van der Waals surface area contributed by atoms with Gasteiger partial charge < -0.3 is 18.9 Å². The van der Waals surface area contributed by atoms with Crippen molar-refractivity contribution >= 4 is 5.78 Å². The highest BCUT2D eigenvalue weighted by Crippen LogP contribution is 2.22. The number of rotatable bonds is 17. The fourth-order valence-corrected chi connectivity index (χ4v) is 2.84. The molecule has 1 atom stereocenters. The molecule has 1 aliphatic rings. The average Bonchev–Trinajstić information content (AvgIpc) is 2.96. The minimum atomic E-state index is -0.0446. The van der Waals surface area contributed by atoms with Crippen LogP contribution in [0.1, 0.15) is 58.8 Å². The maximum atomic E-state index is 12.0. The van der Waals surface area contributed by atoms with Gasteiger partial charge in [0, 0.05) is 26.2 Å². The summed E-state index contributed by atoms with van der Waals surface area (Å²) < 4.78 is 21.6. The summed E-state index contributed by atoms with van der Waals surface area (Å²) >= 11 is 0. The van der Waals surface area contributed by atoms with Gasteiger partial charge in [0.2, 0.25) is 0 Å². The summed E-state index contributed by atoms with van der Waals surface area (Å²) in [5.74, 6) is 0.254. The fourth-order valence-electron chi connectivity index (χ4n) is 2.84. The summed E-state index contributed by atoms with van der Waals surface area (Å²) in [5.41, 5.74) is 0.959. The van der Waals surface area contributed by atoms with Crippen molar-refractivity contribution in [2.75, 3.05) is 46.2 Å². The second-order valence-electron chi connectivity index (χ2n) is 6.25. The molecule has 1 rings (SSSR count). The molecular weight excluding hydrogens is 320 g/mol. The zero-order valence-electron chi connectivity index (χ0n) is 16.1. The number of allylic oxidation sites excluding steroid dienone is 1. The molecule has 0 spiro atoms. The molecule has 1 unspecified atom stereocenters. The van der Waals surface area contributed by atoms with Crippen LogP contribution in [0, 0.1) is 0 Å². The normalized spacial score (nSPS) is 17.3. The third-order valence-electron chi connectivity index (χ3n) is 4.21. The Kier molecular flexibility index (Phi) is 13.8. The highest BCUT2D eigenvalue weighted by Gasteiger charge is 2.23. The quantitative estimate of drug-likeness (QED) is 0.372. The molecule has 5 nitrogen and oxygen atoms in total. The smallest absolute Gasteiger partial charge is 0.161 e. The number of carbonyl (C=O) groups is 1. The Balaban J connectivity index is 1.95. The number of hydrogen-bond acceptors (Lipinski definition) is 5. The van der Waals surface area contributed by atoms with E-state index in [1.807, 2.05) is 19.9 Å². The molecule has 1 aliphatic carbocycles. The van der Waals surface area contributed by atoms with E-state index in [9.17, 15) is 4.79 Å². The maximum absolute atomic E-state index is 12.0. The summed E-state index contributed by atoms with van der Waals surface area (Å²) in [6.45, 7) is 8.76. The molecule has 5 heteroatoms. The average molecular weight is 357 g/mol. The number of hydrogen-bond donors (Lipinski definition) is 0. The lowest BCUT2D eigenvalue weighted by Gasteiger charge is -2.08. The van der Waals surface area contributed by atoms with Crippen LogP contribution < -0.4 is 0 Å². The maximum Gasteiger partial charge on any atom is 0.161 e. The standard InChI is InChI=1S/C20H36O5/c1-3-22-12-13-24-11-9-7-5-6-8-10-18-16-19(17-20(18)21)25-15-14-23-4-2/h16,19H,3-15,17H2,1-2H3. The van der Waals surface area contributed by atoms with Crippen molar-refractivity contribution in [3.63, 3.8) is 0 Å². The van der Waals surface area contributed by atoms with Crippen LogP contribution in [0.3, 0.4) is 0 Å². The van der Waals surface area contributed by atoms with Gasteiger partial charge in [0.25, 0.3) is 0 Å². The first-order valence-electron chi connectivity index (χ1n) is 9.86. The zero-order valence-corrected chi connectivity index (χ0v) is 16.1. The van der Waals surface area contributed by atoms with Crippen LogP contribution >= 0.6 is 0 Å². The number of ether oxygens (including phenoxy) is 4. The van der Waals surface area contributed by atoms with Gasteiger partial charge in [-0.3, -0.25) is 4.79 Å². The summed E-state index contributed by atoms with van der Waals surface area (Å²) in [4.78, 5) is 12.0. The molecule has 0 saturated heterocycles. The predicted octanol–water partition coefficient (Wildman–Crippen LogP) is 3.70. The molecule has 0 aromatic heterocycles. The SMILES string of the molecule is CCOCCOCCCCCCCC1=CC(OCCOCC)CC1=O.